The number of nitrogens with one attached hydrogen (secondary N) is 1. The third-order valence-corrected chi connectivity index (χ3v) is 4.19. The van der Waals surface area contributed by atoms with Crippen molar-refractivity contribution in [3.63, 3.8) is 0 Å². The molecule has 5 heteroatoms. The van der Waals surface area contributed by atoms with E-state index in [0.29, 0.717) is 12.8 Å². The molecule has 1 N–H and O–H groups in total. The summed E-state index contributed by atoms with van der Waals surface area (Å²) in [6, 6.07) is 6.10. The Morgan fingerprint density at radius 1 is 1.10 bits per heavy atom. The quantitative estimate of drug-likeness (QED) is 0.852. The van der Waals surface area contributed by atoms with Crippen molar-refractivity contribution in [1.29, 1.82) is 0 Å². The third-order valence-electron chi connectivity index (χ3n) is 4.19. The first kappa shape index (κ1) is 13.1. The number of carbonyl (C=O) groups is 2. The first-order valence-corrected chi connectivity index (χ1v) is 7.00. The first-order valence-electron chi connectivity index (χ1n) is 7.00. The SMILES string of the molecule is O=C1CN(c2ccccc2F)C(=O)C2(CCCCC2)N1. The van der Waals surface area contributed by atoms with E-state index >= 15 is 0 Å². The minimum atomic E-state index is -0.824. The number of anilines is 1. The topological polar surface area (TPSA) is 49.4 Å². The summed E-state index contributed by atoms with van der Waals surface area (Å²) in [5.74, 6) is -0.863. The molecule has 2 aliphatic rings. The summed E-state index contributed by atoms with van der Waals surface area (Å²) in [6.45, 7) is -0.110. The lowest BCUT2D eigenvalue weighted by molar-refractivity contribution is -0.137. The average molecular weight is 276 g/mol. The largest absolute Gasteiger partial charge is 0.340 e. The van der Waals surface area contributed by atoms with Crippen LogP contribution in [0, 0.1) is 5.82 Å². The normalized spacial score (nSPS) is 21.9. The molecule has 0 atom stereocenters. The number of hydrogen-bond donors (Lipinski definition) is 1. The number of carbonyl (C=O) groups excluding carboxylic acids is 2. The summed E-state index contributed by atoms with van der Waals surface area (Å²) in [4.78, 5) is 26.0. The highest BCUT2D eigenvalue weighted by Crippen LogP contribution is 2.34. The second kappa shape index (κ2) is 4.89. The molecule has 3 rings (SSSR count). The molecule has 20 heavy (non-hydrogen) atoms. The number of halogens is 1. The van der Waals surface area contributed by atoms with Gasteiger partial charge >= 0.3 is 0 Å². The number of rotatable bonds is 1. The molecule has 2 fully saturated rings. The zero-order valence-electron chi connectivity index (χ0n) is 11.2. The second-order valence-electron chi connectivity index (χ2n) is 5.53. The van der Waals surface area contributed by atoms with Crippen LogP contribution in [0.2, 0.25) is 0 Å². The molecule has 4 nitrogen and oxygen atoms in total. The van der Waals surface area contributed by atoms with Crippen LogP contribution in [-0.2, 0) is 9.59 Å². The molecule has 1 saturated carbocycles. The Bertz CT molecular complexity index is 553. The fourth-order valence-corrected chi connectivity index (χ4v) is 3.19. The van der Waals surface area contributed by atoms with Crippen molar-refractivity contribution in [2.24, 2.45) is 0 Å². The number of hydrogen-bond acceptors (Lipinski definition) is 2. The van der Waals surface area contributed by atoms with Crippen LogP contribution in [0.3, 0.4) is 0 Å². The lowest BCUT2D eigenvalue weighted by Crippen LogP contribution is -2.67. The van der Waals surface area contributed by atoms with E-state index < -0.39 is 11.4 Å². The highest BCUT2D eigenvalue weighted by Gasteiger charge is 2.47. The molecule has 0 unspecified atom stereocenters. The zero-order valence-corrected chi connectivity index (χ0v) is 11.2. The van der Waals surface area contributed by atoms with Crippen LogP contribution in [0.5, 0.6) is 0 Å². The second-order valence-corrected chi connectivity index (χ2v) is 5.53. The predicted octanol–water partition coefficient (Wildman–Crippen LogP) is 1.99. The van der Waals surface area contributed by atoms with E-state index in [1.54, 1.807) is 18.2 Å². The van der Waals surface area contributed by atoms with E-state index in [1.165, 1.54) is 11.0 Å². The monoisotopic (exact) mass is 276 g/mol. The Labute approximate surface area is 117 Å². The molecule has 1 saturated heterocycles. The van der Waals surface area contributed by atoms with Crippen LogP contribution >= 0.6 is 0 Å². The summed E-state index contributed by atoms with van der Waals surface area (Å²) in [6.07, 6.45) is 4.18. The van der Waals surface area contributed by atoms with E-state index in [0.717, 1.165) is 19.3 Å². The van der Waals surface area contributed by atoms with E-state index in [-0.39, 0.29) is 24.0 Å². The van der Waals surface area contributed by atoms with Gasteiger partial charge < -0.3 is 5.32 Å². The smallest absolute Gasteiger partial charge is 0.253 e. The maximum atomic E-state index is 13.9. The van der Waals surface area contributed by atoms with Gasteiger partial charge in [-0.3, -0.25) is 14.5 Å². The van der Waals surface area contributed by atoms with Crippen molar-refractivity contribution in [2.45, 2.75) is 37.6 Å². The molecule has 1 aliphatic heterocycles. The van der Waals surface area contributed by atoms with Crippen molar-refractivity contribution in [2.75, 3.05) is 11.4 Å². The summed E-state index contributed by atoms with van der Waals surface area (Å²) in [5.41, 5.74) is -0.632. The Balaban J connectivity index is 1.97. The summed E-state index contributed by atoms with van der Waals surface area (Å²) in [5, 5.41) is 2.85. The molecule has 0 radical (unpaired) electrons. The van der Waals surface area contributed by atoms with Gasteiger partial charge in [0.1, 0.15) is 17.9 Å². The number of benzene rings is 1. The van der Waals surface area contributed by atoms with Crippen LogP contribution < -0.4 is 10.2 Å². The molecule has 1 aromatic rings. The molecule has 1 aromatic carbocycles. The first-order chi connectivity index (χ1) is 9.62. The van der Waals surface area contributed by atoms with Gasteiger partial charge in [0, 0.05) is 0 Å². The van der Waals surface area contributed by atoms with Gasteiger partial charge in [0.25, 0.3) is 5.91 Å². The van der Waals surface area contributed by atoms with Crippen LogP contribution in [-0.4, -0.2) is 23.9 Å². The van der Waals surface area contributed by atoms with Gasteiger partial charge in [-0.05, 0) is 25.0 Å². The molecule has 2 amide bonds. The molecule has 1 spiro atoms. The maximum Gasteiger partial charge on any atom is 0.253 e. The van der Waals surface area contributed by atoms with Crippen LogP contribution in [0.1, 0.15) is 32.1 Å². The van der Waals surface area contributed by atoms with E-state index in [1.807, 2.05) is 0 Å². The minimum absolute atomic E-state index is 0.110. The number of amides is 2. The Morgan fingerprint density at radius 3 is 2.50 bits per heavy atom. The standard InChI is InChI=1S/C15H17FN2O2/c16-11-6-2-3-7-12(11)18-10-13(19)17-15(14(18)20)8-4-1-5-9-15/h2-3,6-7H,1,4-5,8-10H2,(H,17,19). The van der Waals surface area contributed by atoms with Gasteiger partial charge in [0.2, 0.25) is 5.91 Å². The maximum absolute atomic E-state index is 13.9. The highest BCUT2D eigenvalue weighted by molar-refractivity contribution is 6.09. The molecule has 1 heterocycles. The van der Waals surface area contributed by atoms with Crippen LogP contribution in [0.25, 0.3) is 0 Å². The van der Waals surface area contributed by atoms with E-state index in [9.17, 15) is 14.0 Å². The van der Waals surface area contributed by atoms with Crippen LogP contribution in [0.4, 0.5) is 10.1 Å². The Kier molecular flexibility index (Phi) is 3.20. The third kappa shape index (κ3) is 2.07. The fraction of sp³-hybridized carbons (Fsp3) is 0.467. The van der Waals surface area contributed by atoms with Gasteiger partial charge in [-0.2, -0.15) is 0 Å². The van der Waals surface area contributed by atoms with Crippen molar-refractivity contribution in [3.8, 4) is 0 Å². The zero-order chi connectivity index (χ0) is 14.2. The summed E-state index contributed by atoms with van der Waals surface area (Å²) in [7, 11) is 0. The summed E-state index contributed by atoms with van der Waals surface area (Å²) >= 11 is 0. The van der Waals surface area contributed by atoms with Gasteiger partial charge in [-0.15, -0.1) is 0 Å². The van der Waals surface area contributed by atoms with E-state index in [4.69, 9.17) is 0 Å². The lowest BCUT2D eigenvalue weighted by Gasteiger charge is -2.44. The Morgan fingerprint density at radius 2 is 1.80 bits per heavy atom. The number of nitrogens with zero attached hydrogens (tertiary/aromatic N) is 1. The van der Waals surface area contributed by atoms with Gasteiger partial charge in [0.05, 0.1) is 5.69 Å². The number of piperazine rings is 1. The van der Waals surface area contributed by atoms with Crippen molar-refractivity contribution >= 4 is 17.5 Å². The van der Waals surface area contributed by atoms with Gasteiger partial charge in [0.15, 0.2) is 0 Å². The average Bonchev–Trinajstić information content (AvgIpc) is 2.45. The van der Waals surface area contributed by atoms with Gasteiger partial charge in [-0.1, -0.05) is 31.4 Å². The summed E-state index contributed by atoms with van der Waals surface area (Å²) < 4.78 is 13.9. The minimum Gasteiger partial charge on any atom is -0.340 e. The molecular formula is C15H17FN2O2. The fourth-order valence-electron chi connectivity index (χ4n) is 3.19. The van der Waals surface area contributed by atoms with Crippen LogP contribution in [0.15, 0.2) is 24.3 Å². The van der Waals surface area contributed by atoms with Crippen molar-refractivity contribution < 1.29 is 14.0 Å². The van der Waals surface area contributed by atoms with Crippen molar-refractivity contribution in [3.05, 3.63) is 30.1 Å². The lowest BCUT2D eigenvalue weighted by atomic mass is 9.79. The molecule has 106 valence electrons. The number of para-hydroxylation sites is 1. The van der Waals surface area contributed by atoms with Gasteiger partial charge in [-0.25, -0.2) is 4.39 Å². The molecule has 0 aromatic heterocycles. The molecule has 1 aliphatic carbocycles. The molecule has 0 bridgehead atoms. The Hall–Kier alpha value is -1.91. The highest BCUT2D eigenvalue weighted by atomic mass is 19.1. The molecular weight excluding hydrogens is 259 g/mol. The van der Waals surface area contributed by atoms with E-state index in [2.05, 4.69) is 5.32 Å². The van der Waals surface area contributed by atoms with Crippen molar-refractivity contribution in [1.82, 2.24) is 5.32 Å². The predicted molar refractivity (Wildman–Crippen MR) is 72.7 cm³/mol.